The minimum absolute atomic E-state index is 0.226. The highest BCUT2D eigenvalue weighted by atomic mass is 32.2. The third kappa shape index (κ3) is 5.47. The molecule has 2 N–H and O–H groups in total. The number of carbonyl (C=O) groups is 2. The Hall–Kier alpha value is -3.14. The number of thioether (sulfide) groups is 1. The molecule has 2 aromatic carbocycles. The molecule has 30 heavy (non-hydrogen) atoms. The number of anilines is 1. The largest absolute Gasteiger partial charge is 0.418 e. The fraction of sp³-hybridized carbons (Fsp3) is 0.200. The lowest BCUT2D eigenvalue weighted by Crippen LogP contribution is -2.28. The number of amidine groups is 1. The van der Waals surface area contributed by atoms with Gasteiger partial charge in [0.05, 0.1) is 17.0 Å². The molecule has 6 nitrogen and oxygen atoms in total. The van der Waals surface area contributed by atoms with Crippen LogP contribution >= 0.6 is 11.8 Å². The van der Waals surface area contributed by atoms with Gasteiger partial charge in [0, 0.05) is 6.42 Å². The molecule has 1 unspecified atom stereocenters. The summed E-state index contributed by atoms with van der Waals surface area (Å²) in [6, 6.07) is 14.0. The van der Waals surface area contributed by atoms with Gasteiger partial charge in [0.15, 0.2) is 5.17 Å². The highest BCUT2D eigenvalue weighted by Crippen LogP contribution is 2.34. The Morgan fingerprint density at radius 1 is 1.13 bits per heavy atom. The zero-order chi connectivity index (χ0) is 21.7. The lowest BCUT2D eigenvalue weighted by Gasteiger charge is -2.14. The third-order valence-corrected chi connectivity index (χ3v) is 5.21. The first-order valence-electron chi connectivity index (χ1n) is 8.85. The second kappa shape index (κ2) is 9.12. The average molecular weight is 434 g/mol. The van der Waals surface area contributed by atoms with Gasteiger partial charge in [-0.2, -0.15) is 18.3 Å². The van der Waals surface area contributed by atoms with Crippen molar-refractivity contribution in [3.05, 3.63) is 65.7 Å². The van der Waals surface area contributed by atoms with Crippen molar-refractivity contribution >= 4 is 40.1 Å². The summed E-state index contributed by atoms with van der Waals surface area (Å²) in [5.74, 6) is -1.16. The minimum atomic E-state index is -4.60. The number of nitrogens with zero attached hydrogens (tertiary/aromatic N) is 2. The number of carbonyl (C=O) groups excluding carboxylic acids is 2. The van der Waals surface area contributed by atoms with Crippen LogP contribution < -0.4 is 10.6 Å². The maximum atomic E-state index is 13.0. The van der Waals surface area contributed by atoms with Crippen molar-refractivity contribution in [3.8, 4) is 0 Å². The Kier molecular flexibility index (Phi) is 6.56. The van der Waals surface area contributed by atoms with Gasteiger partial charge in [0.25, 0.3) is 0 Å². The van der Waals surface area contributed by atoms with E-state index in [2.05, 4.69) is 20.8 Å². The second-order valence-corrected chi connectivity index (χ2v) is 7.54. The van der Waals surface area contributed by atoms with Crippen molar-refractivity contribution in [2.75, 3.05) is 5.32 Å². The van der Waals surface area contributed by atoms with E-state index < -0.39 is 28.8 Å². The molecule has 1 fully saturated rings. The fourth-order valence-corrected chi connectivity index (χ4v) is 3.57. The van der Waals surface area contributed by atoms with Gasteiger partial charge in [-0.3, -0.25) is 9.59 Å². The summed E-state index contributed by atoms with van der Waals surface area (Å²) in [5, 5.41) is 12.2. The van der Waals surface area contributed by atoms with Crippen LogP contribution in [0.5, 0.6) is 0 Å². The van der Waals surface area contributed by atoms with Crippen molar-refractivity contribution < 1.29 is 22.8 Å². The predicted molar refractivity (Wildman–Crippen MR) is 110 cm³/mol. The van der Waals surface area contributed by atoms with E-state index in [1.807, 2.05) is 30.3 Å². The molecule has 0 aromatic heterocycles. The zero-order valence-corrected chi connectivity index (χ0v) is 16.6. The summed E-state index contributed by atoms with van der Waals surface area (Å²) in [5.41, 5.74) is 0.212. The lowest BCUT2D eigenvalue weighted by atomic mass is 10.1. The summed E-state index contributed by atoms with van der Waals surface area (Å²) >= 11 is 1.00. The monoisotopic (exact) mass is 434 g/mol. The number of benzene rings is 2. The van der Waals surface area contributed by atoms with Crippen molar-refractivity contribution in [1.82, 2.24) is 5.32 Å². The van der Waals surface area contributed by atoms with E-state index in [0.29, 0.717) is 5.71 Å². The molecule has 2 aromatic rings. The highest BCUT2D eigenvalue weighted by Gasteiger charge is 2.35. The van der Waals surface area contributed by atoms with Gasteiger partial charge >= 0.3 is 6.18 Å². The van der Waals surface area contributed by atoms with Crippen LogP contribution in [-0.2, 0) is 15.8 Å². The summed E-state index contributed by atoms with van der Waals surface area (Å²) < 4.78 is 39.1. The van der Waals surface area contributed by atoms with Crippen LogP contribution in [0, 0.1) is 0 Å². The molecule has 0 saturated carbocycles. The smallest absolute Gasteiger partial charge is 0.325 e. The number of amides is 2. The molecule has 1 heterocycles. The van der Waals surface area contributed by atoms with E-state index in [4.69, 9.17) is 0 Å². The van der Waals surface area contributed by atoms with Gasteiger partial charge in [0.1, 0.15) is 5.25 Å². The Labute approximate surface area is 174 Å². The molecule has 0 bridgehead atoms. The molecule has 156 valence electrons. The normalized spacial score (nSPS) is 18.4. The Morgan fingerprint density at radius 2 is 1.80 bits per heavy atom. The molecule has 2 amide bonds. The van der Waals surface area contributed by atoms with Crippen LogP contribution in [0.2, 0.25) is 0 Å². The van der Waals surface area contributed by atoms with Crippen molar-refractivity contribution in [3.63, 3.8) is 0 Å². The number of para-hydroxylation sites is 1. The first kappa shape index (κ1) is 21.6. The molecular weight excluding hydrogens is 417 g/mol. The van der Waals surface area contributed by atoms with Crippen molar-refractivity contribution in [1.29, 1.82) is 0 Å². The number of hydrogen-bond donors (Lipinski definition) is 2. The third-order valence-electron chi connectivity index (χ3n) is 4.14. The second-order valence-electron chi connectivity index (χ2n) is 6.35. The predicted octanol–water partition coefficient (Wildman–Crippen LogP) is 4.05. The summed E-state index contributed by atoms with van der Waals surface area (Å²) in [6.45, 7) is 1.77. The highest BCUT2D eigenvalue weighted by molar-refractivity contribution is 8.15. The Balaban J connectivity index is 1.63. The van der Waals surface area contributed by atoms with Crippen LogP contribution in [0.4, 0.5) is 18.9 Å². The van der Waals surface area contributed by atoms with Gasteiger partial charge in [-0.1, -0.05) is 54.2 Å². The van der Waals surface area contributed by atoms with E-state index in [-0.39, 0.29) is 17.3 Å². The lowest BCUT2D eigenvalue weighted by molar-refractivity contribution is -0.137. The van der Waals surface area contributed by atoms with Gasteiger partial charge in [-0.15, -0.1) is 5.10 Å². The van der Waals surface area contributed by atoms with Crippen LogP contribution in [-0.4, -0.2) is 27.9 Å². The summed E-state index contributed by atoms with van der Waals surface area (Å²) in [6.07, 6.45) is -4.90. The van der Waals surface area contributed by atoms with Gasteiger partial charge in [-0.05, 0) is 24.6 Å². The number of nitrogens with one attached hydrogen (secondary N) is 2. The summed E-state index contributed by atoms with van der Waals surface area (Å²) in [7, 11) is 0. The Bertz CT molecular complexity index is 1010. The molecule has 10 heteroatoms. The summed E-state index contributed by atoms with van der Waals surface area (Å²) in [4.78, 5) is 24.3. The van der Waals surface area contributed by atoms with E-state index >= 15 is 0 Å². The minimum Gasteiger partial charge on any atom is -0.325 e. The van der Waals surface area contributed by atoms with E-state index in [0.717, 1.165) is 29.5 Å². The number of halogens is 3. The maximum absolute atomic E-state index is 13.0. The van der Waals surface area contributed by atoms with Crippen LogP contribution in [0.15, 0.2) is 64.8 Å². The number of hydrogen-bond acceptors (Lipinski definition) is 5. The molecule has 0 spiro atoms. The molecule has 1 aliphatic heterocycles. The van der Waals surface area contributed by atoms with Crippen molar-refractivity contribution in [2.45, 2.75) is 24.8 Å². The molecule has 3 rings (SSSR count). The molecule has 0 radical (unpaired) electrons. The molecule has 1 saturated heterocycles. The number of rotatable bonds is 5. The van der Waals surface area contributed by atoms with Crippen LogP contribution in [0.3, 0.4) is 0 Å². The fourth-order valence-electron chi connectivity index (χ4n) is 2.65. The quantitative estimate of drug-likeness (QED) is 0.550. The molecule has 1 aliphatic rings. The van der Waals surface area contributed by atoms with Crippen molar-refractivity contribution in [2.24, 2.45) is 10.2 Å². The maximum Gasteiger partial charge on any atom is 0.418 e. The topological polar surface area (TPSA) is 82.9 Å². The molecule has 0 aliphatic carbocycles. The molecule has 1 atom stereocenters. The van der Waals surface area contributed by atoms with Gasteiger partial charge in [0.2, 0.25) is 11.8 Å². The number of alkyl halides is 3. The van der Waals surface area contributed by atoms with Gasteiger partial charge in [-0.25, -0.2) is 0 Å². The van der Waals surface area contributed by atoms with E-state index in [9.17, 15) is 22.8 Å². The first-order valence-corrected chi connectivity index (χ1v) is 9.73. The standard InChI is InChI=1S/C20H17F3N4O2S/c1-12(13-7-3-2-4-8-13)26-27-19-25-18(29)16(30-19)11-17(28)24-15-10-6-5-9-14(15)20(21,22)23/h2-10,16H,11H2,1H3,(H,24,28)(H,25,27,29)/b26-12-. The zero-order valence-electron chi connectivity index (χ0n) is 15.7. The van der Waals surface area contributed by atoms with E-state index in [1.54, 1.807) is 6.92 Å². The van der Waals surface area contributed by atoms with Gasteiger partial charge < -0.3 is 10.6 Å². The molecular formula is C20H17F3N4O2S. The van der Waals surface area contributed by atoms with E-state index in [1.165, 1.54) is 12.1 Å². The first-order chi connectivity index (χ1) is 14.2. The Morgan fingerprint density at radius 3 is 2.50 bits per heavy atom. The van der Waals surface area contributed by atoms with Crippen LogP contribution in [0.1, 0.15) is 24.5 Å². The average Bonchev–Trinajstić information content (AvgIpc) is 3.05. The van der Waals surface area contributed by atoms with Crippen LogP contribution in [0.25, 0.3) is 0 Å². The SMILES string of the molecule is C/C(=N/N=C1\NC(=O)C(CC(=O)Nc2ccccc2C(F)(F)F)S1)c1ccccc1.